The molecule has 4 rings (SSSR count). The lowest BCUT2D eigenvalue weighted by Gasteiger charge is -2.37. The summed E-state index contributed by atoms with van der Waals surface area (Å²) in [5.74, 6) is 1.22. The number of nitrogens with zero attached hydrogens (tertiary/aromatic N) is 3. The lowest BCUT2D eigenvalue weighted by molar-refractivity contribution is 0.0612. The Labute approximate surface area is 149 Å². The zero-order valence-electron chi connectivity index (χ0n) is 14.6. The molecule has 25 heavy (non-hydrogen) atoms. The fourth-order valence-electron chi connectivity index (χ4n) is 4.11. The SMILES string of the molecule is O=C(c1ccccc1)N1CCCCC1c1cccnc1N1CCCC1. The monoisotopic (exact) mass is 335 g/mol. The maximum absolute atomic E-state index is 13.1. The van der Waals surface area contributed by atoms with Crippen molar-refractivity contribution < 1.29 is 4.79 Å². The van der Waals surface area contributed by atoms with Gasteiger partial charge in [-0.15, -0.1) is 0 Å². The van der Waals surface area contributed by atoms with Crippen LogP contribution in [0.5, 0.6) is 0 Å². The van der Waals surface area contributed by atoms with Crippen LogP contribution in [-0.4, -0.2) is 35.4 Å². The van der Waals surface area contributed by atoms with Gasteiger partial charge >= 0.3 is 0 Å². The number of piperidine rings is 1. The first kappa shape index (κ1) is 16.1. The molecule has 1 aromatic carbocycles. The molecule has 0 aliphatic carbocycles. The Morgan fingerprint density at radius 3 is 2.48 bits per heavy atom. The first-order valence-electron chi connectivity index (χ1n) is 9.40. The second-order valence-electron chi connectivity index (χ2n) is 6.99. The topological polar surface area (TPSA) is 36.4 Å². The number of hydrogen-bond donors (Lipinski definition) is 0. The van der Waals surface area contributed by atoms with E-state index in [1.807, 2.05) is 42.6 Å². The fourth-order valence-corrected chi connectivity index (χ4v) is 4.11. The number of anilines is 1. The minimum Gasteiger partial charge on any atom is -0.356 e. The lowest BCUT2D eigenvalue weighted by Crippen LogP contribution is -2.39. The molecule has 0 saturated carbocycles. The predicted molar refractivity (Wildman–Crippen MR) is 99.8 cm³/mol. The van der Waals surface area contributed by atoms with E-state index in [1.165, 1.54) is 18.4 Å². The average molecular weight is 335 g/mol. The zero-order valence-corrected chi connectivity index (χ0v) is 14.6. The molecule has 2 aliphatic heterocycles. The second-order valence-corrected chi connectivity index (χ2v) is 6.99. The van der Waals surface area contributed by atoms with Gasteiger partial charge < -0.3 is 9.80 Å². The quantitative estimate of drug-likeness (QED) is 0.849. The van der Waals surface area contributed by atoms with E-state index in [0.717, 1.165) is 50.3 Å². The number of pyridine rings is 1. The van der Waals surface area contributed by atoms with Crippen molar-refractivity contribution in [2.75, 3.05) is 24.5 Å². The number of amides is 1. The molecule has 2 aromatic rings. The summed E-state index contributed by atoms with van der Waals surface area (Å²) in [6.07, 6.45) is 7.60. The molecule has 4 heteroatoms. The van der Waals surface area contributed by atoms with E-state index in [9.17, 15) is 4.79 Å². The highest BCUT2D eigenvalue weighted by molar-refractivity contribution is 5.94. The van der Waals surface area contributed by atoms with E-state index in [2.05, 4.69) is 15.9 Å². The van der Waals surface area contributed by atoms with Gasteiger partial charge in [-0.3, -0.25) is 4.79 Å². The van der Waals surface area contributed by atoms with Gasteiger partial charge in [0.15, 0.2) is 0 Å². The molecule has 1 aromatic heterocycles. The summed E-state index contributed by atoms with van der Waals surface area (Å²) < 4.78 is 0. The van der Waals surface area contributed by atoms with E-state index < -0.39 is 0 Å². The van der Waals surface area contributed by atoms with Gasteiger partial charge in [0.05, 0.1) is 6.04 Å². The van der Waals surface area contributed by atoms with Crippen molar-refractivity contribution in [1.29, 1.82) is 0 Å². The third-order valence-corrected chi connectivity index (χ3v) is 5.37. The van der Waals surface area contributed by atoms with Gasteiger partial charge in [0, 0.05) is 37.0 Å². The molecule has 1 amide bonds. The molecule has 130 valence electrons. The summed E-state index contributed by atoms with van der Waals surface area (Å²) in [5, 5.41) is 0. The van der Waals surface area contributed by atoms with E-state index in [0.29, 0.717) is 0 Å². The highest BCUT2D eigenvalue weighted by Crippen LogP contribution is 2.37. The predicted octanol–water partition coefficient (Wildman–Crippen LogP) is 4.05. The first-order chi connectivity index (χ1) is 12.3. The summed E-state index contributed by atoms with van der Waals surface area (Å²) >= 11 is 0. The largest absolute Gasteiger partial charge is 0.356 e. The molecule has 1 atom stereocenters. The minimum absolute atomic E-state index is 0.130. The van der Waals surface area contributed by atoms with Crippen molar-refractivity contribution in [2.24, 2.45) is 0 Å². The van der Waals surface area contributed by atoms with Gasteiger partial charge in [-0.1, -0.05) is 24.3 Å². The van der Waals surface area contributed by atoms with Crippen molar-refractivity contribution in [1.82, 2.24) is 9.88 Å². The van der Waals surface area contributed by atoms with Crippen molar-refractivity contribution in [2.45, 2.75) is 38.1 Å². The van der Waals surface area contributed by atoms with Crippen LogP contribution < -0.4 is 4.90 Å². The first-order valence-corrected chi connectivity index (χ1v) is 9.40. The van der Waals surface area contributed by atoms with Crippen LogP contribution in [0.15, 0.2) is 48.7 Å². The number of aromatic nitrogens is 1. The van der Waals surface area contributed by atoms with Gasteiger partial charge in [-0.2, -0.15) is 0 Å². The smallest absolute Gasteiger partial charge is 0.254 e. The highest BCUT2D eigenvalue weighted by Gasteiger charge is 2.31. The number of hydrogen-bond acceptors (Lipinski definition) is 3. The summed E-state index contributed by atoms with van der Waals surface area (Å²) in [4.78, 5) is 22.2. The number of benzene rings is 1. The minimum atomic E-state index is 0.130. The average Bonchev–Trinajstić information content (AvgIpc) is 3.23. The summed E-state index contributed by atoms with van der Waals surface area (Å²) in [7, 11) is 0. The van der Waals surface area contributed by atoms with E-state index >= 15 is 0 Å². The fraction of sp³-hybridized carbons (Fsp3) is 0.429. The Kier molecular flexibility index (Phi) is 4.68. The zero-order chi connectivity index (χ0) is 17.1. The molecule has 3 heterocycles. The summed E-state index contributed by atoms with van der Waals surface area (Å²) in [6, 6.07) is 14.0. The standard InChI is InChI=1S/C21H25N3O/c25-21(17-9-2-1-3-10-17)24-16-5-4-12-19(24)18-11-8-13-22-20(18)23-14-6-7-15-23/h1-3,8-11,13,19H,4-7,12,14-16H2. The van der Waals surface area contributed by atoms with Crippen molar-refractivity contribution in [3.63, 3.8) is 0 Å². The molecule has 4 nitrogen and oxygen atoms in total. The van der Waals surface area contributed by atoms with Crippen LogP contribution in [0.1, 0.15) is 54.1 Å². The highest BCUT2D eigenvalue weighted by atomic mass is 16.2. The number of likely N-dealkylation sites (tertiary alicyclic amines) is 1. The third-order valence-electron chi connectivity index (χ3n) is 5.37. The molecule has 1 unspecified atom stereocenters. The van der Waals surface area contributed by atoms with Gasteiger partial charge in [-0.25, -0.2) is 4.98 Å². The Hall–Kier alpha value is -2.36. The van der Waals surface area contributed by atoms with Crippen molar-refractivity contribution in [3.05, 3.63) is 59.8 Å². The maximum atomic E-state index is 13.1. The van der Waals surface area contributed by atoms with E-state index in [-0.39, 0.29) is 11.9 Å². The third kappa shape index (κ3) is 3.26. The normalized spacial score (nSPS) is 20.7. The van der Waals surface area contributed by atoms with Crippen LogP contribution in [0.3, 0.4) is 0 Å². The lowest BCUT2D eigenvalue weighted by atomic mass is 9.94. The van der Waals surface area contributed by atoms with Crippen LogP contribution in [0.25, 0.3) is 0 Å². The molecule has 2 fully saturated rings. The van der Waals surface area contributed by atoms with Gasteiger partial charge in [0.2, 0.25) is 0 Å². The van der Waals surface area contributed by atoms with E-state index in [1.54, 1.807) is 0 Å². The van der Waals surface area contributed by atoms with Crippen LogP contribution in [0, 0.1) is 0 Å². The Bertz CT molecular complexity index is 725. The molecular formula is C21H25N3O. The molecular weight excluding hydrogens is 310 g/mol. The molecule has 2 saturated heterocycles. The maximum Gasteiger partial charge on any atom is 0.254 e. The molecule has 0 radical (unpaired) electrons. The van der Waals surface area contributed by atoms with Crippen molar-refractivity contribution >= 4 is 11.7 Å². The Balaban J connectivity index is 1.67. The van der Waals surface area contributed by atoms with Crippen LogP contribution in [-0.2, 0) is 0 Å². The van der Waals surface area contributed by atoms with E-state index in [4.69, 9.17) is 4.98 Å². The molecule has 0 N–H and O–H groups in total. The van der Waals surface area contributed by atoms with Gasteiger partial charge in [0.1, 0.15) is 5.82 Å². The second kappa shape index (κ2) is 7.26. The number of rotatable bonds is 3. The van der Waals surface area contributed by atoms with Crippen molar-refractivity contribution in [3.8, 4) is 0 Å². The summed E-state index contributed by atoms with van der Waals surface area (Å²) in [6.45, 7) is 2.97. The molecule has 0 spiro atoms. The van der Waals surface area contributed by atoms with Gasteiger partial charge in [-0.05, 0) is 50.3 Å². The van der Waals surface area contributed by atoms with Gasteiger partial charge in [0.25, 0.3) is 5.91 Å². The molecule has 0 bridgehead atoms. The Morgan fingerprint density at radius 2 is 1.68 bits per heavy atom. The Morgan fingerprint density at radius 1 is 0.920 bits per heavy atom. The molecule has 2 aliphatic rings. The van der Waals surface area contributed by atoms with Crippen LogP contribution >= 0.6 is 0 Å². The van der Waals surface area contributed by atoms with Crippen LogP contribution in [0.4, 0.5) is 5.82 Å². The number of carbonyl (C=O) groups excluding carboxylic acids is 1. The summed E-state index contributed by atoms with van der Waals surface area (Å²) in [5.41, 5.74) is 1.99. The van der Waals surface area contributed by atoms with Crippen LogP contribution in [0.2, 0.25) is 0 Å². The number of carbonyl (C=O) groups is 1.